The van der Waals surface area contributed by atoms with Gasteiger partial charge in [0, 0.05) is 10.9 Å². The van der Waals surface area contributed by atoms with E-state index in [0.717, 1.165) is 0 Å². The van der Waals surface area contributed by atoms with E-state index in [9.17, 15) is 0 Å². The van der Waals surface area contributed by atoms with Crippen molar-refractivity contribution in [1.29, 1.82) is 0 Å². The molecule has 8 nitrogen and oxygen atoms in total. The standard InChI is InChI=1S/5C16H12BN.3C12H10BN/c1-3-7-15-11-18-12-16-8-4-2-6-14(16)10-17(18)9-13(15)5-1;1-2-7-15-12-18-10-9-13-5-3-4-8-16(13)17(18)11-14(15)6-1;1-2-6-15-13(5-1)7-8-14-12-18-10-4-3-9-17(18)11-16(14)15;1-2-6-15-13(5-1)7-8-14-11-17-9-3-4-10-18(17)12-16(14)15;1-2-6-14-10-16-12-18-8-4-3-7-17(18)11-15(16)9-13(14)5-1;1-2-6-12-11(5-1)7-9-13-8-3-4-10-14(12)13;1-2-6-12-11(5-1)7-10-14-9-4-3-8-13(12)14;1-2-6-12-10-14-8-4-3-7-13(14)9-11(12)5-1/h5*1-12H;3*1-10H. The fraction of sp³-hybridized carbons (Fsp3) is 0. The maximum Gasteiger partial charge on any atom is 0.320 e. The molecule has 0 amide bonds. The van der Waals surface area contributed by atoms with Crippen molar-refractivity contribution >= 4 is 207 Å². The fourth-order valence-corrected chi connectivity index (χ4v) is 19.5. The molecule has 0 aromatic heterocycles. The lowest BCUT2D eigenvalue weighted by Gasteiger charge is -2.30. The zero-order valence-electron chi connectivity index (χ0n) is 73.2. The molecule has 0 spiro atoms. The van der Waals surface area contributed by atoms with Crippen molar-refractivity contribution in [3.05, 3.63) is 533 Å². The van der Waals surface area contributed by atoms with E-state index in [0.29, 0.717) is 54.8 Å². The molecule has 16 heterocycles. The lowest BCUT2D eigenvalue weighted by atomic mass is 9.51. The van der Waals surface area contributed by atoms with Gasteiger partial charge < -0.3 is 38.5 Å². The Kier molecular flexibility index (Phi) is 23.0. The SMILES string of the molecule is C1=CB2C=Cc3ccccc3N2C=C1.C1=CB2C=c3c(ccc4ccccc34)=CN2C=C1.C1=CB2C=c3cc4ccccc4cc3=CN2C=C1.C1=CB2C=c3ccc4ccccc4c3=CN2C=C1.C1=CB2C=c3ccccc3=CN2C=C1.C1=CB2c3ccccc3C=CN2C=C1.C1=CN2C=c3ccccc3=CB2c2ccccc21.C1=c2ccccc2=CN2C=c3ccccc3=CB12. The molecule has 0 saturated heterocycles. The molecule has 0 saturated carbocycles. The van der Waals surface area contributed by atoms with Gasteiger partial charge in [0.2, 0.25) is 0 Å². The summed E-state index contributed by atoms with van der Waals surface area (Å²) in [5, 5.41) is 26.3. The van der Waals surface area contributed by atoms with Gasteiger partial charge in [0.15, 0.2) is 0 Å². The first kappa shape index (κ1) is 81.6. The van der Waals surface area contributed by atoms with Crippen LogP contribution in [0.1, 0.15) is 16.7 Å². The van der Waals surface area contributed by atoms with Crippen LogP contribution >= 0.6 is 0 Å². The highest BCUT2D eigenvalue weighted by Gasteiger charge is 2.30. The molecule has 29 rings (SSSR count). The average Bonchev–Trinajstić information content (AvgIpc) is 0.762. The summed E-state index contributed by atoms with van der Waals surface area (Å²) in [6.07, 6.45) is 64.2. The Balaban J connectivity index is 0.0000000883. The Morgan fingerprint density at radius 3 is 1.14 bits per heavy atom. The monoisotopic (exact) mass is 1680 g/mol. The summed E-state index contributed by atoms with van der Waals surface area (Å²) in [4.78, 5) is 18.1. The zero-order chi connectivity index (χ0) is 87.9. The molecule has 13 aromatic rings. The second kappa shape index (κ2) is 37.3. The first-order valence-corrected chi connectivity index (χ1v) is 45.8. The highest BCUT2D eigenvalue weighted by molar-refractivity contribution is 6.85. The molecular formula is C116H90B8N8. The normalized spacial score (nSPS) is 16.0. The number of anilines is 1. The first-order valence-electron chi connectivity index (χ1n) is 45.8. The van der Waals surface area contributed by atoms with E-state index in [4.69, 9.17) is 0 Å². The molecule has 0 unspecified atom stereocenters. The Morgan fingerprint density at radius 2 is 0.561 bits per heavy atom. The third-order valence-corrected chi connectivity index (χ3v) is 26.3. The summed E-state index contributed by atoms with van der Waals surface area (Å²) in [6, 6.07) is 98.7. The Morgan fingerprint density at radius 1 is 0.182 bits per heavy atom. The van der Waals surface area contributed by atoms with Gasteiger partial charge in [-0.25, -0.2) is 0 Å². The summed E-state index contributed by atoms with van der Waals surface area (Å²) in [7, 11) is 0. The molecule has 16 aliphatic rings. The molecule has 0 aliphatic carbocycles. The molecule has 618 valence electrons. The van der Waals surface area contributed by atoms with E-state index in [1.54, 1.807) is 0 Å². The minimum absolute atomic E-state index is 0.334. The molecule has 0 N–H and O–H groups in total. The molecular weight excluding hydrogens is 1590 g/mol. The zero-order valence-corrected chi connectivity index (χ0v) is 73.2. The number of para-hydroxylation sites is 1. The summed E-state index contributed by atoms with van der Waals surface area (Å²) >= 11 is 0. The topological polar surface area (TPSA) is 25.9 Å². The largest absolute Gasteiger partial charge is 0.390 e. The van der Waals surface area contributed by atoms with Crippen molar-refractivity contribution < 1.29 is 0 Å². The lowest BCUT2D eigenvalue weighted by molar-refractivity contribution is 0.797. The van der Waals surface area contributed by atoms with Crippen LogP contribution in [0.5, 0.6) is 0 Å². The second-order valence-electron chi connectivity index (χ2n) is 34.5. The van der Waals surface area contributed by atoms with Crippen LogP contribution in [-0.4, -0.2) is 88.5 Å². The number of benzene rings is 13. The summed E-state index contributed by atoms with van der Waals surface area (Å²) < 4.78 is 0. The lowest BCUT2D eigenvalue weighted by Crippen LogP contribution is -2.50. The summed E-state index contributed by atoms with van der Waals surface area (Å²) in [5.41, 5.74) is 8.00. The molecule has 132 heavy (non-hydrogen) atoms. The van der Waals surface area contributed by atoms with Crippen molar-refractivity contribution in [1.82, 2.24) is 33.7 Å². The van der Waals surface area contributed by atoms with Crippen LogP contribution in [0.3, 0.4) is 0 Å². The number of hydrogen-bond acceptors (Lipinski definition) is 8. The van der Waals surface area contributed by atoms with Gasteiger partial charge in [-0.3, -0.25) is 0 Å². The molecule has 13 aromatic carbocycles. The molecule has 16 heteroatoms. The number of allylic oxidation sites excluding steroid dienone is 12. The molecule has 16 aliphatic heterocycles. The van der Waals surface area contributed by atoms with E-state index in [2.05, 4.69) is 585 Å². The smallest absolute Gasteiger partial charge is 0.320 e. The molecule has 0 fully saturated rings. The number of rotatable bonds is 0. The Labute approximate surface area is 773 Å². The van der Waals surface area contributed by atoms with Gasteiger partial charge >= 0.3 is 54.8 Å². The van der Waals surface area contributed by atoms with Crippen molar-refractivity contribution in [2.75, 3.05) is 4.81 Å². The minimum atomic E-state index is 0.334. The number of fused-ring (bicyclic) bond motifs is 26. The van der Waals surface area contributed by atoms with Crippen LogP contribution in [0.4, 0.5) is 5.69 Å². The molecule has 0 bridgehead atoms. The summed E-state index contributed by atoms with van der Waals surface area (Å²) in [5.74, 6) is 31.8. The number of nitrogens with zero attached hydrogens (tertiary/aromatic N) is 8. The maximum atomic E-state index is 2.34. The molecule has 0 radical (unpaired) electrons. The van der Waals surface area contributed by atoms with E-state index in [1.807, 2.05) is 0 Å². The first-order chi connectivity index (χ1) is 65.4. The second-order valence-corrected chi connectivity index (χ2v) is 34.5. The predicted octanol–water partition coefficient (Wildman–Crippen LogP) is 11.4. The Hall–Kier alpha value is -16.2. The van der Waals surface area contributed by atoms with Gasteiger partial charge in [-0.2, -0.15) is 0 Å². The van der Waals surface area contributed by atoms with Crippen molar-refractivity contribution in [2.24, 2.45) is 0 Å². The highest BCUT2D eigenvalue weighted by Crippen LogP contribution is 2.30. The molecule has 0 atom stereocenters. The average molecular weight is 1680 g/mol. The summed E-state index contributed by atoms with van der Waals surface area (Å²) in [6.45, 7) is 2.95. The van der Waals surface area contributed by atoms with E-state index >= 15 is 0 Å². The van der Waals surface area contributed by atoms with Crippen molar-refractivity contribution in [3.8, 4) is 0 Å². The van der Waals surface area contributed by atoms with E-state index in [1.165, 1.54) is 139 Å². The van der Waals surface area contributed by atoms with E-state index < -0.39 is 0 Å². The third-order valence-electron chi connectivity index (χ3n) is 26.3. The fourth-order valence-electron chi connectivity index (χ4n) is 19.5. The Bertz CT molecular complexity index is 7780. The van der Waals surface area contributed by atoms with E-state index in [-0.39, 0.29) is 0 Å². The third kappa shape index (κ3) is 17.4. The minimum Gasteiger partial charge on any atom is -0.390 e. The van der Waals surface area contributed by atoms with Crippen molar-refractivity contribution in [3.63, 3.8) is 0 Å². The van der Waals surface area contributed by atoms with Gasteiger partial charge in [0.05, 0.1) is 0 Å². The quantitative estimate of drug-likeness (QED) is 0.139. The van der Waals surface area contributed by atoms with Crippen LogP contribution in [0, 0.1) is 0 Å². The van der Waals surface area contributed by atoms with Crippen LogP contribution in [0.2, 0.25) is 0 Å². The van der Waals surface area contributed by atoms with Crippen LogP contribution in [0.25, 0.3) is 136 Å². The predicted molar refractivity (Wildman–Crippen MR) is 572 cm³/mol. The van der Waals surface area contributed by atoms with Gasteiger partial charge in [-0.05, 0) is 288 Å². The highest BCUT2D eigenvalue weighted by atomic mass is 15.1. The van der Waals surface area contributed by atoms with Crippen LogP contribution < -0.4 is 88.8 Å². The van der Waals surface area contributed by atoms with Crippen LogP contribution in [-0.2, 0) is 0 Å². The maximum absolute atomic E-state index is 2.34. The van der Waals surface area contributed by atoms with Gasteiger partial charge in [0.1, 0.15) is 0 Å². The number of hydrogen-bond donors (Lipinski definition) is 0. The van der Waals surface area contributed by atoms with Gasteiger partial charge in [-0.15, -0.1) is 0 Å². The van der Waals surface area contributed by atoms with Gasteiger partial charge in [0.25, 0.3) is 0 Å². The van der Waals surface area contributed by atoms with Crippen molar-refractivity contribution in [2.45, 2.75) is 0 Å². The van der Waals surface area contributed by atoms with Gasteiger partial charge in [-0.1, -0.05) is 387 Å². The van der Waals surface area contributed by atoms with Crippen LogP contribution in [0.15, 0.2) is 443 Å².